The van der Waals surface area contributed by atoms with Crippen molar-refractivity contribution >= 4 is 23.3 Å². The van der Waals surface area contributed by atoms with Gasteiger partial charge < -0.3 is 15.2 Å². The maximum Gasteiger partial charge on any atom is 0.338 e. The molecule has 2 rings (SSSR count). The maximum atomic E-state index is 11.8. The van der Waals surface area contributed by atoms with Crippen molar-refractivity contribution in [3.63, 3.8) is 0 Å². The summed E-state index contributed by atoms with van der Waals surface area (Å²) in [5.41, 5.74) is 10.6. The lowest BCUT2D eigenvalue weighted by atomic mass is 10.1. The molecule has 0 saturated carbocycles. The molecule has 0 unspecified atom stereocenters. The number of hydrogen-bond donors (Lipinski definition) is 2. The molecule has 26 heavy (non-hydrogen) atoms. The average molecular weight is 355 g/mol. The summed E-state index contributed by atoms with van der Waals surface area (Å²) in [6, 6.07) is 13.6. The molecule has 0 aliphatic carbocycles. The van der Waals surface area contributed by atoms with E-state index >= 15 is 0 Å². The molecule has 0 radical (unpaired) electrons. The number of benzene rings is 2. The number of rotatable bonds is 7. The molecule has 2 aromatic rings. The van der Waals surface area contributed by atoms with Crippen molar-refractivity contribution < 1.29 is 19.1 Å². The minimum absolute atomic E-state index is 0.202. The Morgan fingerprint density at radius 2 is 1.85 bits per heavy atom. The molecule has 0 heterocycles. The van der Waals surface area contributed by atoms with Gasteiger partial charge in [-0.1, -0.05) is 12.1 Å². The molecule has 0 bridgehead atoms. The molecular formula is C19H21N3O4. The summed E-state index contributed by atoms with van der Waals surface area (Å²) in [5.74, 6) is -0.337. The van der Waals surface area contributed by atoms with E-state index in [1.807, 2.05) is 12.1 Å². The van der Waals surface area contributed by atoms with Crippen LogP contribution >= 0.6 is 0 Å². The van der Waals surface area contributed by atoms with Gasteiger partial charge in [-0.05, 0) is 55.8 Å². The van der Waals surface area contributed by atoms with E-state index in [1.54, 1.807) is 50.2 Å². The number of anilines is 1. The Hall–Kier alpha value is -3.35. The second-order valence-electron chi connectivity index (χ2n) is 5.39. The van der Waals surface area contributed by atoms with E-state index < -0.39 is 11.9 Å². The van der Waals surface area contributed by atoms with E-state index in [9.17, 15) is 9.59 Å². The minimum Gasteiger partial charge on any atom is -0.484 e. The fourth-order valence-electron chi connectivity index (χ4n) is 2.06. The predicted molar refractivity (Wildman–Crippen MR) is 99.1 cm³/mol. The molecule has 136 valence electrons. The first kappa shape index (κ1) is 19.0. The average Bonchev–Trinajstić information content (AvgIpc) is 2.65. The molecule has 0 saturated heterocycles. The summed E-state index contributed by atoms with van der Waals surface area (Å²) in [6.07, 6.45) is 0. The normalized spacial score (nSPS) is 10.9. The van der Waals surface area contributed by atoms with E-state index in [0.29, 0.717) is 29.3 Å². The lowest BCUT2D eigenvalue weighted by Crippen LogP contribution is -2.25. The number of amides is 1. The number of hydrogen-bond acceptors (Lipinski definition) is 6. The van der Waals surface area contributed by atoms with Gasteiger partial charge in [-0.3, -0.25) is 4.79 Å². The van der Waals surface area contributed by atoms with Gasteiger partial charge in [-0.2, -0.15) is 5.10 Å². The van der Waals surface area contributed by atoms with Crippen molar-refractivity contribution in [1.82, 2.24) is 5.43 Å². The van der Waals surface area contributed by atoms with Gasteiger partial charge in [0, 0.05) is 5.69 Å². The summed E-state index contributed by atoms with van der Waals surface area (Å²) in [5, 5.41) is 4.03. The van der Waals surface area contributed by atoms with E-state index in [2.05, 4.69) is 10.5 Å². The molecule has 7 nitrogen and oxygen atoms in total. The Morgan fingerprint density at radius 3 is 2.50 bits per heavy atom. The highest BCUT2D eigenvalue weighted by Crippen LogP contribution is 2.13. The molecule has 0 fully saturated rings. The third-order valence-corrected chi connectivity index (χ3v) is 3.39. The molecule has 0 spiro atoms. The molecule has 7 heteroatoms. The first-order valence-electron chi connectivity index (χ1n) is 8.08. The zero-order chi connectivity index (χ0) is 18.9. The van der Waals surface area contributed by atoms with Crippen LogP contribution < -0.4 is 15.9 Å². The number of esters is 1. The number of nitrogens with two attached hydrogens (primary N) is 1. The van der Waals surface area contributed by atoms with Gasteiger partial charge >= 0.3 is 5.97 Å². The lowest BCUT2D eigenvalue weighted by Gasteiger charge is -2.07. The Kier molecular flexibility index (Phi) is 6.73. The van der Waals surface area contributed by atoms with Gasteiger partial charge in [0.1, 0.15) is 5.75 Å². The van der Waals surface area contributed by atoms with Crippen LogP contribution in [0.4, 0.5) is 5.69 Å². The summed E-state index contributed by atoms with van der Waals surface area (Å²) in [6.45, 7) is 3.62. The standard InChI is InChI=1S/C19H21N3O4/c1-3-25-19(24)14-7-9-17(10-8-14)26-12-18(23)22-21-13(2)15-5-4-6-16(20)11-15/h4-11H,3,12,20H2,1-2H3,(H,22,23)/b21-13+. The smallest absolute Gasteiger partial charge is 0.338 e. The van der Waals surface area contributed by atoms with Crippen molar-refractivity contribution in [2.24, 2.45) is 5.10 Å². The van der Waals surface area contributed by atoms with Gasteiger partial charge in [-0.25, -0.2) is 10.2 Å². The molecule has 1 amide bonds. The third kappa shape index (κ3) is 5.62. The van der Waals surface area contributed by atoms with Gasteiger partial charge in [0.25, 0.3) is 5.91 Å². The highest BCUT2D eigenvalue weighted by Gasteiger charge is 2.07. The van der Waals surface area contributed by atoms with E-state index in [-0.39, 0.29) is 6.61 Å². The summed E-state index contributed by atoms with van der Waals surface area (Å²) in [4.78, 5) is 23.4. The fourth-order valence-corrected chi connectivity index (χ4v) is 2.06. The second-order valence-corrected chi connectivity index (χ2v) is 5.39. The Balaban J connectivity index is 1.85. The number of nitrogen functional groups attached to an aromatic ring is 1. The maximum absolute atomic E-state index is 11.8. The number of hydrazone groups is 1. The van der Waals surface area contributed by atoms with Crippen LogP contribution in [0.5, 0.6) is 5.75 Å². The quantitative estimate of drug-likeness (QED) is 0.343. The Labute approximate surface area is 151 Å². The SMILES string of the molecule is CCOC(=O)c1ccc(OCC(=O)N/N=C(\C)c2cccc(N)c2)cc1. The first-order chi connectivity index (χ1) is 12.5. The Bertz CT molecular complexity index is 801. The van der Waals surface area contributed by atoms with Crippen LogP contribution in [0.15, 0.2) is 53.6 Å². The predicted octanol–water partition coefficient (Wildman–Crippen LogP) is 2.36. The topological polar surface area (TPSA) is 103 Å². The van der Waals surface area contributed by atoms with Crippen molar-refractivity contribution in [3.05, 3.63) is 59.7 Å². The van der Waals surface area contributed by atoms with Crippen LogP contribution in [-0.2, 0) is 9.53 Å². The van der Waals surface area contributed by atoms with Crippen LogP contribution in [0.25, 0.3) is 0 Å². The first-order valence-corrected chi connectivity index (χ1v) is 8.08. The van der Waals surface area contributed by atoms with Crippen molar-refractivity contribution in [3.8, 4) is 5.75 Å². The monoisotopic (exact) mass is 355 g/mol. The van der Waals surface area contributed by atoms with Crippen molar-refractivity contribution in [1.29, 1.82) is 0 Å². The number of nitrogens with zero attached hydrogens (tertiary/aromatic N) is 1. The highest BCUT2D eigenvalue weighted by atomic mass is 16.5. The summed E-state index contributed by atoms with van der Waals surface area (Å²) < 4.78 is 10.3. The number of ether oxygens (including phenoxy) is 2. The molecule has 2 aromatic carbocycles. The summed E-state index contributed by atoms with van der Waals surface area (Å²) >= 11 is 0. The third-order valence-electron chi connectivity index (χ3n) is 3.39. The van der Waals surface area contributed by atoms with Crippen molar-refractivity contribution in [2.75, 3.05) is 18.9 Å². The molecule has 0 aliphatic rings. The van der Waals surface area contributed by atoms with Crippen LogP contribution in [0.3, 0.4) is 0 Å². The van der Waals surface area contributed by atoms with Crippen LogP contribution in [-0.4, -0.2) is 30.8 Å². The molecular weight excluding hydrogens is 334 g/mol. The van der Waals surface area contributed by atoms with E-state index in [1.165, 1.54) is 0 Å². The van der Waals surface area contributed by atoms with E-state index in [0.717, 1.165) is 5.56 Å². The Morgan fingerprint density at radius 1 is 1.12 bits per heavy atom. The zero-order valence-electron chi connectivity index (χ0n) is 14.7. The number of nitrogens with one attached hydrogen (secondary N) is 1. The zero-order valence-corrected chi connectivity index (χ0v) is 14.7. The van der Waals surface area contributed by atoms with Crippen LogP contribution in [0, 0.1) is 0 Å². The number of carbonyl (C=O) groups excluding carboxylic acids is 2. The van der Waals surface area contributed by atoms with Gasteiger partial charge in [-0.15, -0.1) is 0 Å². The fraction of sp³-hybridized carbons (Fsp3) is 0.211. The molecule has 0 aliphatic heterocycles. The summed E-state index contributed by atoms with van der Waals surface area (Å²) in [7, 11) is 0. The van der Waals surface area contributed by atoms with Gasteiger partial charge in [0.05, 0.1) is 17.9 Å². The van der Waals surface area contributed by atoms with Crippen molar-refractivity contribution in [2.45, 2.75) is 13.8 Å². The molecule has 3 N–H and O–H groups in total. The largest absolute Gasteiger partial charge is 0.484 e. The minimum atomic E-state index is -0.400. The van der Waals surface area contributed by atoms with E-state index in [4.69, 9.17) is 15.2 Å². The number of carbonyl (C=O) groups is 2. The lowest BCUT2D eigenvalue weighted by molar-refractivity contribution is -0.123. The van der Waals surface area contributed by atoms with Crippen LogP contribution in [0.1, 0.15) is 29.8 Å². The second kappa shape index (κ2) is 9.22. The van der Waals surface area contributed by atoms with Gasteiger partial charge in [0.15, 0.2) is 6.61 Å². The van der Waals surface area contributed by atoms with Crippen LogP contribution in [0.2, 0.25) is 0 Å². The highest BCUT2D eigenvalue weighted by molar-refractivity contribution is 5.99. The molecule has 0 atom stereocenters. The van der Waals surface area contributed by atoms with Gasteiger partial charge in [0.2, 0.25) is 0 Å². The molecule has 0 aromatic heterocycles.